The van der Waals surface area contributed by atoms with E-state index in [9.17, 15) is 4.79 Å². The largest absolute Gasteiger partial charge is 0.325 e. The van der Waals surface area contributed by atoms with Gasteiger partial charge in [0.05, 0.1) is 12.1 Å². The molecule has 7 heteroatoms. The molecular formula is C25H29ClN4OS. The first-order valence-corrected chi connectivity index (χ1v) is 12.2. The van der Waals surface area contributed by atoms with E-state index >= 15 is 0 Å². The summed E-state index contributed by atoms with van der Waals surface area (Å²) in [7, 11) is 0. The molecule has 1 amide bonds. The Morgan fingerprint density at radius 1 is 1.03 bits per heavy atom. The smallest absolute Gasteiger partial charge is 0.231 e. The lowest BCUT2D eigenvalue weighted by molar-refractivity contribution is -0.115. The van der Waals surface area contributed by atoms with E-state index in [1.54, 1.807) is 11.3 Å². The number of aryl methyl sites for hydroxylation is 2. The van der Waals surface area contributed by atoms with Crippen LogP contribution in [0.15, 0.2) is 47.8 Å². The molecule has 0 unspecified atom stereocenters. The predicted molar refractivity (Wildman–Crippen MR) is 132 cm³/mol. The van der Waals surface area contributed by atoms with Crippen LogP contribution in [0.1, 0.15) is 27.4 Å². The average Bonchev–Trinajstić information content (AvgIpc) is 3.20. The number of carbonyl (C=O) groups excluding carboxylic acids is 1. The third-order valence-corrected chi connectivity index (χ3v) is 6.90. The van der Waals surface area contributed by atoms with Crippen LogP contribution in [0.2, 0.25) is 5.02 Å². The summed E-state index contributed by atoms with van der Waals surface area (Å²) in [5.41, 5.74) is 5.43. The van der Waals surface area contributed by atoms with Crippen molar-refractivity contribution in [1.29, 1.82) is 0 Å². The van der Waals surface area contributed by atoms with Crippen molar-refractivity contribution in [2.24, 2.45) is 0 Å². The maximum atomic E-state index is 12.5. The standard InChI is InChI=1S/C25H29ClN4OS/c1-18-3-4-19(2)23(13-18)28-24(31)14-25-27-22(17-32-25)16-30-11-9-29(10-12-30)15-20-5-7-21(26)8-6-20/h3-8,13,17H,9-12,14-16H2,1-2H3,(H,28,31). The molecule has 3 aromatic rings. The first-order chi connectivity index (χ1) is 15.4. The van der Waals surface area contributed by atoms with Crippen molar-refractivity contribution in [2.75, 3.05) is 31.5 Å². The first-order valence-electron chi connectivity index (χ1n) is 10.9. The van der Waals surface area contributed by atoms with Gasteiger partial charge >= 0.3 is 0 Å². The Morgan fingerprint density at radius 2 is 1.72 bits per heavy atom. The van der Waals surface area contributed by atoms with Gasteiger partial charge in [-0.15, -0.1) is 11.3 Å². The number of anilines is 1. The van der Waals surface area contributed by atoms with Crippen molar-refractivity contribution in [3.63, 3.8) is 0 Å². The Kier molecular flexibility index (Phi) is 7.58. The first kappa shape index (κ1) is 22.9. The van der Waals surface area contributed by atoms with Crippen LogP contribution in [-0.4, -0.2) is 46.9 Å². The second-order valence-electron chi connectivity index (χ2n) is 8.45. The normalized spacial score (nSPS) is 15.1. The highest BCUT2D eigenvalue weighted by Crippen LogP contribution is 2.19. The summed E-state index contributed by atoms with van der Waals surface area (Å²) in [5.74, 6) is -0.0181. The summed E-state index contributed by atoms with van der Waals surface area (Å²) in [6.45, 7) is 9.95. The van der Waals surface area contributed by atoms with Crippen molar-refractivity contribution in [3.05, 3.63) is 80.3 Å². The number of nitrogens with zero attached hydrogens (tertiary/aromatic N) is 3. The zero-order valence-corrected chi connectivity index (χ0v) is 20.2. The van der Waals surface area contributed by atoms with Gasteiger partial charge in [0.1, 0.15) is 5.01 Å². The molecule has 0 atom stereocenters. The van der Waals surface area contributed by atoms with Crippen molar-refractivity contribution in [2.45, 2.75) is 33.4 Å². The molecule has 32 heavy (non-hydrogen) atoms. The van der Waals surface area contributed by atoms with E-state index < -0.39 is 0 Å². The molecule has 2 aromatic carbocycles. The summed E-state index contributed by atoms with van der Waals surface area (Å²) in [6.07, 6.45) is 0.312. The lowest BCUT2D eigenvalue weighted by atomic mass is 10.1. The number of rotatable bonds is 7. The van der Waals surface area contributed by atoms with E-state index in [1.807, 2.05) is 38.1 Å². The molecule has 1 aliphatic heterocycles. The van der Waals surface area contributed by atoms with Gasteiger partial charge in [0.2, 0.25) is 5.91 Å². The fraction of sp³-hybridized carbons (Fsp3) is 0.360. The number of benzene rings is 2. The van der Waals surface area contributed by atoms with Crippen LogP contribution < -0.4 is 5.32 Å². The number of halogens is 1. The molecule has 1 N–H and O–H groups in total. The molecule has 1 aliphatic rings. The number of carbonyl (C=O) groups is 1. The van der Waals surface area contributed by atoms with Crippen LogP contribution in [0.25, 0.3) is 0 Å². The Balaban J connectivity index is 1.23. The van der Waals surface area contributed by atoms with E-state index in [0.717, 1.165) is 71.8 Å². The van der Waals surface area contributed by atoms with Crippen molar-refractivity contribution >= 4 is 34.5 Å². The van der Waals surface area contributed by atoms with E-state index in [0.29, 0.717) is 6.42 Å². The lowest BCUT2D eigenvalue weighted by Gasteiger charge is -2.34. The minimum atomic E-state index is -0.0181. The molecule has 2 heterocycles. The lowest BCUT2D eigenvalue weighted by Crippen LogP contribution is -2.45. The van der Waals surface area contributed by atoms with E-state index in [-0.39, 0.29) is 5.91 Å². The van der Waals surface area contributed by atoms with Gasteiger partial charge in [0, 0.05) is 55.4 Å². The Hall–Kier alpha value is -2.25. The van der Waals surface area contributed by atoms with Crippen LogP contribution in [0.3, 0.4) is 0 Å². The van der Waals surface area contributed by atoms with Crippen LogP contribution in [0.5, 0.6) is 0 Å². The summed E-state index contributed by atoms with van der Waals surface area (Å²) in [4.78, 5) is 22.1. The van der Waals surface area contributed by atoms with Gasteiger partial charge in [-0.05, 0) is 48.7 Å². The molecule has 1 fully saturated rings. The number of thiazole rings is 1. The minimum Gasteiger partial charge on any atom is -0.325 e. The van der Waals surface area contributed by atoms with Crippen molar-refractivity contribution in [1.82, 2.24) is 14.8 Å². The zero-order chi connectivity index (χ0) is 22.5. The minimum absolute atomic E-state index is 0.0181. The van der Waals surface area contributed by atoms with Gasteiger partial charge in [-0.2, -0.15) is 0 Å². The second kappa shape index (κ2) is 10.6. The van der Waals surface area contributed by atoms with Crippen molar-refractivity contribution in [3.8, 4) is 0 Å². The molecule has 168 valence electrons. The summed E-state index contributed by atoms with van der Waals surface area (Å²) in [6, 6.07) is 14.2. The second-order valence-corrected chi connectivity index (χ2v) is 9.83. The fourth-order valence-electron chi connectivity index (χ4n) is 3.89. The van der Waals surface area contributed by atoms with Crippen LogP contribution in [0.4, 0.5) is 5.69 Å². The maximum Gasteiger partial charge on any atom is 0.231 e. The Morgan fingerprint density at radius 3 is 2.44 bits per heavy atom. The van der Waals surface area contributed by atoms with E-state index in [4.69, 9.17) is 16.6 Å². The number of aromatic nitrogens is 1. The third kappa shape index (κ3) is 6.39. The van der Waals surface area contributed by atoms with Gasteiger partial charge in [-0.1, -0.05) is 35.9 Å². The molecule has 1 saturated heterocycles. The molecule has 1 aromatic heterocycles. The molecule has 0 saturated carbocycles. The SMILES string of the molecule is Cc1ccc(C)c(NC(=O)Cc2nc(CN3CCN(Cc4ccc(Cl)cc4)CC3)cs2)c1. The number of hydrogen-bond donors (Lipinski definition) is 1. The van der Waals surface area contributed by atoms with Gasteiger partial charge in [-0.3, -0.25) is 14.6 Å². The highest BCUT2D eigenvalue weighted by molar-refractivity contribution is 7.09. The van der Waals surface area contributed by atoms with Crippen LogP contribution >= 0.6 is 22.9 Å². The quantitative estimate of drug-likeness (QED) is 0.535. The van der Waals surface area contributed by atoms with Gasteiger partial charge in [0.15, 0.2) is 0 Å². The highest BCUT2D eigenvalue weighted by Gasteiger charge is 2.18. The van der Waals surface area contributed by atoms with Gasteiger partial charge in [0.25, 0.3) is 0 Å². The topological polar surface area (TPSA) is 48.5 Å². The number of piperazine rings is 1. The van der Waals surface area contributed by atoms with Gasteiger partial charge in [-0.25, -0.2) is 4.98 Å². The van der Waals surface area contributed by atoms with Crippen LogP contribution in [0, 0.1) is 13.8 Å². The molecular weight excluding hydrogens is 440 g/mol. The molecule has 5 nitrogen and oxygen atoms in total. The van der Waals surface area contributed by atoms with Crippen molar-refractivity contribution < 1.29 is 4.79 Å². The number of hydrogen-bond acceptors (Lipinski definition) is 5. The summed E-state index contributed by atoms with van der Waals surface area (Å²) >= 11 is 7.55. The average molecular weight is 469 g/mol. The molecule has 4 rings (SSSR count). The highest BCUT2D eigenvalue weighted by atomic mass is 35.5. The molecule has 0 radical (unpaired) electrons. The predicted octanol–water partition coefficient (Wildman–Crippen LogP) is 4.91. The molecule has 0 bridgehead atoms. The summed E-state index contributed by atoms with van der Waals surface area (Å²) in [5, 5.41) is 6.75. The fourth-order valence-corrected chi connectivity index (χ4v) is 4.80. The maximum absolute atomic E-state index is 12.5. The van der Waals surface area contributed by atoms with E-state index in [1.165, 1.54) is 5.56 Å². The zero-order valence-electron chi connectivity index (χ0n) is 18.6. The molecule has 0 spiro atoms. The van der Waals surface area contributed by atoms with E-state index in [2.05, 4.69) is 38.7 Å². The Bertz CT molecular complexity index is 1060. The van der Waals surface area contributed by atoms with Crippen LogP contribution in [-0.2, 0) is 24.3 Å². The summed E-state index contributed by atoms with van der Waals surface area (Å²) < 4.78 is 0. The third-order valence-electron chi connectivity index (χ3n) is 5.75. The number of nitrogens with one attached hydrogen (secondary N) is 1. The monoisotopic (exact) mass is 468 g/mol. The Labute approximate surface area is 199 Å². The van der Waals surface area contributed by atoms with Gasteiger partial charge < -0.3 is 5.32 Å². The molecule has 0 aliphatic carbocycles. The number of amides is 1.